The lowest BCUT2D eigenvalue weighted by molar-refractivity contribution is 0.116. The second-order valence-corrected chi connectivity index (χ2v) is 5.35. The minimum Gasteiger partial charge on any atom is -0.391 e. The molecule has 0 spiro atoms. The van der Waals surface area contributed by atoms with Crippen LogP contribution in [0.3, 0.4) is 0 Å². The summed E-state index contributed by atoms with van der Waals surface area (Å²) in [5.41, 5.74) is 0. The van der Waals surface area contributed by atoms with Crippen molar-refractivity contribution >= 4 is 28.2 Å². The maximum absolute atomic E-state index is 10.0. The van der Waals surface area contributed by atoms with Gasteiger partial charge in [0.15, 0.2) is 11.0 Å². The molecule has 2 unspecified atom stereocenters. The van der Waals surface area contributed by atoms with Crippen LogP contribution in [0.1, 0.15) is 25.7 Å². The molecule has 19 heavy (non-hydrogen) atoms. The van der Waals surface area contributed by atoms with E-state index in [1.165, 1.54) is 0 Å². The van der Waals surface area contributed by atoms with E-state index >= 15 is 0 Å². The zero-order valence-electron chi connectivity index (χ0n) is 10.5. The van der Waals surface area contributed by atoms with Gasteiger partial charge in [0.1, 0.15) is 0 Å². The van der Waals surface area contributed by atoms with Crippen molar-refractivity contribution in [2.75, 3.05) is 5.32 Å². The molecule has 2 N–H and O–H groups in total. The third-order valence-electron chi connectivity index (χ3n) is 3.69. The van der Waals surface area contributed by atoms with E-state index in [0.717, 1.165) is 36.5 Å². The number of anilines is 1. The molecule has 3 rings (SSSR count). The van der Waals surface area contributed by atoms with Crippen LogP contribution in [-0.4, -0.2) is 27.4 Å². The number of rotatable bonds is 2. The molecule has 1 saturated carbocycles. The van der Waals surface area contributed by atoms with Crippen molar-refractivity contribution in [2.45, 2.75) is 37.8 Å². The van der Waals surface area contributed by atoms with Gasteiger partial charge in [0.05, 0.1) is 12.1 Å². The van der Waals surface area contributed by atoms with Crippen molar-refractivity contribution in [3.63, 3.8) is 0 Å². The number of benzene rings is 1. The fourth-order valence-electron chi connectivity index (χ4n) is 2.63. The zero-order valence-corrected chi connectivity index (χ0v) is 11.3. The molecule has 1 heterocycles. The van der Waals surface area contributed by atoms with Gasteiger partial charge in [-0.05, 0) is 12.8 Å². The largest absolute Gasteiger partial charge is 0.391 e. The van der Waals surface area contributed by atoms with Gasteiger partial charge in [0, 0.05) is 10.8 Å². The Kier molecular flexibility index (Phi) is 3.53. The van der Waals surface area contributed by atoms with Gasteiger partial charge >= 0.3 is 0 Å². The number of fused-ring (bicyclic) bond motifs is 1. The Morgan fingerprint density at radius 1 is 1.11 bits per heavy atom. The average molecular weight is 278 g/mol. The molecule has 2 atom stereocenters. The first-order valence-corrected chi connectivity index (χ1v) is 6.99. The summed E-state index contributed by atoms with van der Waals surface area (Å²) in [7, 11) is 0. The monoisotopic (exact) mass is 277 g/mol. The third kappa shape index (κ3) is 2.51. The van der Waals surface area contributed by atoms with E-state index in [9.17, 15) is 5.11 Å². The number of hydrogen-bond acceptors (Lipinski definition) is 4. The summed E-state index contributed by atoms with van der Waals surface area (Å²) in [4.78, 5) is 0. The molecule has 0 aliphatic heterocycles. The number of halogens is 1. The summed E-state index contributed by atoms with van der Waals surface area (Å²) in [6, 6.07) is 7.81. The number of aliphatic hydroxyl groups is 1. The lowest BCUT2D eigenvalue weighted by Gasteiger charge is -2.28. The normalized spacial score (nSPS) is 23.5. The van der Waals surface area contributed by atoms with Crippen LogP contribution in [0.15, 0.2) is 24.3 Å². The Balaban J connectivity index is 1.94. The van der Waals surface area contributed by atoms with Crippen LogP contribution < -0.4 is 5.32 Å². The van der Waals surface area contributed by atoms with Crippen LogP contribution in [0.2, 0.25) is 5.15 Å². The molecule has 1 aromatic heterocycles. The van der Waals surface area contributed by atoms with E-state index in [4.69, 9.17) is 11.6 Å². The molecule has 1 aromatic carbocycles. The number of nitrogens with one attached hydrogen (secondary N) is 1. The lowest BCUT2D eigenvalue weighted by Crippen LogP contribution is -2.36. The van der Waals surface area contributed by atoms with Gasteiger partial charge in [-0.25, -0.2) is 0 Å². The summed E-state index contributed by atoms with van der Waals surface area (Å²) < 4.78 is 0. The molecule has 0 radical (unpaired) electrons. The highest BCUT2D eigenvalue weighted by Gasteiger charge is 2.23. The first-order valence-electron chi connectivity index (χ1n) is 6.61. The Bertz CT molecular complexity index is 590. The van der Waals surface area contributed by atoms with Gasteiger partial charge in [-0.2, -0.15) is 0 Å². The molecule has 4 nitrogen and oxygen atoms in total. The van der Waals surface area contributed by atoms with Crippen molar-refractivity contribution in [3.8, 4) is 0 Å². The molecule has 1 aliphatic rings. The van der Waals surface area contributed by atoms with Gasteiger partial charge in [-0.3, -0.25) is 0 Å². The van der Waals surface area contributed by atoms with Crippen LogP contribution >= 0.6 is 11.6 Å². The van der Waals surface area contributed by atoms with E-state index in [2.05, 4.69) is 15.5 Å². The van der Waals surface area contributed by atoms with Crippen LogP contribution in [0.25, 0.3) is 10.8 Å². The Hall–Kier alpha value is -1.39. The highest BCUT2D eigenvalue weighted by Crippen LogP contribution is 2.28. The van der Waals surface area contributed by atoms with Crippen LogP contribution in [-0.2, 0) is 0 Å². The summed E-state index contributed by atoms with van der Waals surface area (Å²) in [6.45, 7) is 0. The number of aromatic nitrogens is 2. The van der Waals surface area contributed by atoms with Gasteiger partial charge in [0.25, 0.3) is 0 Å². The summed E-state index contributed by atoms with van der Waals surface area (Å²) in [5.74, 6) is 0.700. The minimum atomic E-state index is -0.315. The second kappa shape index (κ2) is 5.31. The van der Waals surface area contributed by atoms with E-state index in [1.807, 2.05) is 24.3 Å². The number of hydrogen-bond donors (Lipinski definition) is 2. The molecule has 2 aromatic rings. The molecule has 0 saturated heterocycles. The summed E-state index contributed by atoms with van der Waals surface area (Å²) in [6.07, 6.45) is 3.71. The van der Waals surface area contributed by atoms with Crippen LogP contribution in [0.5, 0.6) is 0 Å². The first kappa shape index (κ1) is 12.6. The zero-order chi connectivity index (χ0) is 13.2. The van der Waals surface area contributed by atoms with Gasteiger partial charge in [-0.15, -0.1) is 10.2 Å². The van der Waals surface area contributed by atoms with Crippen molar-refractivity contribution < 1.29 is 5.11 Å². The van der Waals surface area contributed by atoms with E-state index in [-0.39, 0.29) is 12.1 Å². The maximum atomic E-state index is 10.0. The highest BCUT2D eigenvalue weighted by atomic mass is 35.5. The standard InChI is InChI=1S/C14H16ClN3O/c15-13-9-5-1-2-6-10(9)14(18-17-13)16-11-7-3-4-8-12(11)19/h1-2,5-6,11-12,19H,3-4,7-8H2,(H,16,18). The van der Waals surface area contributed by atoms with E-state index < -0.39 is 0 Å². The molecular weight excluding hydrogens is 262 g/mol. The first-order chi connectivity index (χ1) is 9.25. The Morgan fingerprint density at radius 3 is 2.63 bits per heavy atom. The lowest BCUT2D eigenvalue weighted by atomic mass is 9.92. The fourth-order valence-corrected chi connectivity index (χ4v) is 2.84. The van der Waals surface area contributed by atoms with Crippen LogP contribution in [0.4, 0.5) is 5.82 Å². The topological polar surface area (TPSA) is 58.0 Å². The predicted octanol–water partition coefficient (Wildman–Crippen LogP) is 3.00. The highest BCUT2D eigenvalue weighted by molar-refractivity contribution is 6.34. The molecular formula is C14H16ClN3O. The average Bonchev–Trinajstić information content (AvgIpc) is 2.44. The minimum absolute atomic E-state index is 0.0487. The summed E-state index contributed by atoms with van der Waals surface area (Å²) >= 11 is 6.05. The molecule has 1 aliphatic carbocycles. The van der Waals surface area contributed by atoms with Gasteiger partial charge in [0.2, 0.25) is 0 Å². The van der Waals surface area contributed by atoms with Crippen LogP contribution in [0, 0.1) is 0 Å². The van der Waals surface area contributed by atoms with E-state index in [1.54, 1.807) is 0 Å². The quantitative estimate of drug-likeness (QED) is 0.886. The summed E-state index contributed by atoms with van der Waals surface area (Å²) in [5, 5.41) is 23.7. The van der Waals surface area contributed by atoms with Gasteiger partial charge < -0.3 is 10.4 Å². The van der Waals surface area contributed by atoms with Crippen molar-refractivity contribution in [2.24, 2.45) is 0 Å². The number of aliphatic hydroxyl groups excluding tert-OH is 1. The van der Waals surface area contributed by atoms with E-state index in [0.29, 0.717) is 11.0 Å². The molecule has 0 amide bonds. The Morgan fingerprint density at radius 2 is 1.84 bits per heavy atom. The third-order valence-corrected chi connectivity index (χ3v) is 3.97. The van der Waals surface area contributed by atoms with Gasteiger partial charge in [-0.1, -0.05) is 48.7 Å². The SMILES string of the molecule is OC1CCCCC1Nc1nnc(Cl)c2ccccc12. The van der Waals surface area contributed by atoms with Crippen molar-refractivity contribution in [1.82, 2.24) is 10.2 Å². The molecule has 100 valence electrons. The number of nitrogens with zero attached hydrogens (tertiary/aromatic N) is 2. The maximum Gasteiger partial charge on any atom is 0.159 e. The molecule has 5 heteroatoms. The predicted molar refractivity (Wildman–Crippen MR) is 76.4 cm³/mol. The molecule has 0 bridgehead atoms. The van der Waals surface area contributed by atoms with Crippen molar-refractivity contribution in [3.05, 3.63) is 29.4 Å². The smallest absolute Gasteiger partial charge is 0.159 e. The Labute approximate surface area is 116 Å². The second-order valence-electron chi connectivity index (χ2n) is 4.99. The molecule has 1 fully saturated rings. The fraction of sp³-hybridized carbons (Fsp3) is 0.429. The van der Waals surface area contributed by atoms with Crippen molar-refractivity contribution in [1.29, 1.82) is 0 Å².